The van der Waals surface area contributed by atoms with Crippen LogP contribution in [0, 0.1) is 6.92 Å². The van der Waals surface area contributed by atoms with Crippen molar-refractivity contribution < 1.29 is 14.7 Å². The van der Waals surface area contributed by atoms with E-state index in [4.69, 9.17) is 0 Å². The summed E-state index contributed by atoms with van der Waals surface area (Å²) in [5, 5.41) is 9.50. The van der Waals surface area contributed by atoms with Gasteiger partial charge in [0.15, 0.2) is 0 Å². The number of nitrogens with zero attached hydrogens (tertiary/aromatic N) is 1. The molecule has 0 saturated carbocycles. The lowest BCUT2D eigenvalue weighted by Gasteiger charge is -2.12. The maximum Gasteiger partial charge on any atom is 0.293 e. The van der Waals surface area contributed by atoms with Crippen molar-refractivity contribution in [1.82, 2.24) is 4.90 Å². The van der Waals surface area contributed by atoms with E-state index in [1.165, 1.54) is 4.90 Å². The van der Waals surface area contributed by atoms with Gasteiger partial charge >= 0.3 is 0 Å². The molecule has 1 heterocycles. The number of carbonyl (C=O) groups excluding carboxylic acids is 2. The Morgan fingerprint density at radius 2 is 1.91 bits per heavy atom. The van der Waals surface area contributed by atoms with E-state index < -0.39 is 0 Å². The first-order chi connectivity index (χ1) is 11.0. The lowest BCUT2D eigenvalue weighted by molar-refractivity contribution is -0.123. The number of amides is 2. The molecule has 1 saturated heterocycles. The van der Waals surface area contributed by atoms with Crippen LogP contribution in [0.15, 0.2) is 53.4 Å². The first kappa shape index (κ1) is 15.4. The second-order valence-corrected chi connectivity index (χ2v) is 6.31. The molecule has 0 spiro atoms. The highest BCUT2D eigenvalue weighted by Crippen LogP contribution is 2.34. The molecule has 0 atom stereocenters. The fraction of sp³-hybridized carbons (Fsp3) is 0.111. The average Bonchev–Trinajstić information content (AvgIpc) is 2.77. The van der Waals surface area contributed by atoms with E-state index in [-0.39, 0.29) is 23.4 Å². The monoisotopic (exact) mass is 325 g/mol. The predicted molar refractivity (Wildman–Crippen MR) is 90.8 cm³/mol. The molecule has 116 valence electrons. The smallest absolute Gasteiger partial charge is 0.293 e. The molecule has 1 N–H and O–H groups in total. The molecule has 4 nitrogen and oxygen atoms in total. The van der Waals surface area contributed by atoms with Gasteiger partial charge in [0.05, 0.1) is 11.4 Å². The number of phenolic OH excluding ortho intramolecular Hbond substituents is 1. The van der Waals surface area contributed by atoms with Gasteiger partial charge in [-0.15, -0.1) is 0 Å². The van der Waals surface area contributed by atoms with Crippen molar-refractivity contribution >= 4 is 29.0 Å². The first-order valence-electron chi connectivity index (χ1n) is 7.13. The fourth-order valence-electron chi connectivity index (χ4n) is 2.38. The Kier molecular flexibility index (Phi) is 4.21. The van der Waals surface area contributed by atoms with Gasteiger partial charge in [-0.2, -0.15) is 0 Å². The molecule has 2 aromatic rings. The van der Waals surface area contributed by atoms with E-state index >= 15 is 0 Å². The van der Waals surface area contributed by atoms with Gasteiger partial charge in [0.25, 0.3) is 11.1 Å². The average molecular weight is 325 g/mol. The summed E-state index contributed by atoms with van der Waals surface area (Å²) in [5.41, 5.74) is 2.52. The number of imide groups is 1. The minimum atomic E-state index is -0.329. The summed E-state index contributed by atoms with van der Waals surface area (Å²) in [7, 11) is 0. The number of hydrogen-bond acceptors (Lipinski definition) is 4. The summed E-state index contributed by atoms with van der Waals surface area (Å²) >= 11 is 0.896. The molecule has 0 aromatic heterocycles. The summed E-state index contributed by atoms with van der Waals surface area (Å²) < 4.78 is 0. The Morgan fingerprint density at radius 3 is 2.65 bits per heavy atom. The molecule has 1 fully saturated rings. The molecule has 3 rings (SSSR count). The van der Waals surface area contributed by atoms with Crippen LogP contribution in [0.2, 0.25) is 0 Å². The van der Waals surface area contributed by atoms with Gasteiger partial charge < -0.3 is 5.11 Å². The van der Waals surface area contributed by atoms with Crippen LogP contribution < -0.4 is 0 Å². The van der Waals surface area contributed by atoms with Crippen molar-refractivity contribution in [3.05, 3.63) is 70.1 Å². The topological polar surface area (TPSA) is 57.6 Å². The number of aryl methyl sites for hydroxylation is 1. The Hall–Kier alpha value is -2.53. The van der Waals surface area contributed by atoms with E-state index in [1.54, 1.807) is 30.3 Å². The maximum absolute atomic E-state index is 12.5. The number of benzene rings is 2. The molecule has 2 aromatic carbocycles. The van der Waals surface area contributed by atoms with Crippen molar-refractivity contribution in [1.29, 1.82) is 0 Å². The normalized spacial score (nSPS) is 16.4. The van der Waals surface area contributed by atoms with Crippen LogP contribution in [0.5, 0.6) is 5.75 Å². The first-order valence-corrected chi connectivity index (χ1v) is 7.95. The Balaban J connectivity index is 1.84. The van der Waals surface area contributed by atoms with Crippen LogP contribution in [0.3, 0.4) is 0 Å². The van der Waals surface area contributed by atoms with Gasteiger partial charge in [0.1, 0.15) is 5.75 Å². The van der Waals surface area contributed by atoms with E-state index in [2.05, 4.69) is 0 Å². The molecular weight excluding hydrogens is 310 g/mol. The molecule has 23 heavy (non-hydrogen) atoms. The summed E-state index contributed by atoms with van der Waals surface area (Å²) in [6.45, 7) is 2.22. The van der Waals surface area contributed by atoms with Gasteiger partial charge in [-0.1, -0.05) is 48.0 Å². The molecule has 1 aliphatic heterocycles. The molecule has 5 heteroatoms. The highest BCUT2D eigenvalue weighted by atomic mass is 32.2. The van der Waals surface area contributed by atoms with Gasteiger partial charge in [-0.05, 0) is 36.4 Å². The third kappa shape index (κ3) is 3.29. The van der Waals surface area contributed by atoms with E-state index in [9.17, 15) is 14.7 Å². The van der Waals surface area contributed by atoms with Crippen molar-refractivity contribution in [2.24, 2.45) is 0 Å². The number of hydrogen-bond donors (Lipinski definition) is 1. The molecule has 0 unspecified atom stereocenters. The summed E-state index contributed by atoms with van der Waals surface area (Å²) in [6.07, 6.45) is 1.55. The maximum atomic E-state index is 12.5. The SMILES string of the molecule is Cc1cccc(CN2C(=O)S/C(=C\c3ccccc3O)C2=O)c1. The van der Waals surface area contributed by atoms with Gasteiger partial charge in [0.2, 0.25) is 0 Å². The highest BCUT2D eigenvalue weighted by molar-refractivity contribution is 8.18. The number of para-hydroxylation sites is 1. The number of rotatable bonds is 3. The number of carbonyl (C=O) groups is 2. The van der Waals surface area contributed by atoms with E-state index in [0.717, 1.165) is 22.9 Å². The predicted octanol–water partition coefficient (Wildman–Crippen LogP) is 3.94. The second-order valence-electron chi connectivity index (χ2n) is 5.32. The molecule has 0 aliphatic carbocycles. The molecule has 1 aliphatic rings. The quantitative estimate of drug-likeness (QED) is 0.869. The lowest BCUT2D eigenvalue weighted by atomic mass is 10.1. The van der Waals surface area contributed by atoms with Crippen molar-refractivity contribution in [3.63, 3.8) is 0 Å². The zero-order chi connectivity index (χ0) is 16.4. The standard InChI is InChI=1S/C18H15NO3S/c1-12-5-4-6-13(9-12)11-19-17(21)16(23-18(19)22)10-14-7-2-3-8-15(14)20/h2-10,20H,11H2,1H3/b16-10-. The third-order valence-corrected chi connectivity index (χ3v) is 4.43. The van der Waals surface area contributed by atoms with E-state index in [0.29, 0.717) is 10.5 Å². The van der Waals surface area contributed by atoms with Crippen LogP contribution in [0.4, 0.5) is 4.79 Å². The van der Waals surface area contributed by atoms with Gasteiger partial charge in [-0.3, -0.25) is 14.5 Å². The summed E-state index contributed by atoms with van der Waals surface area (Å²) in [4.78, 5) is 26.1. The second kappa shape index (κ2) is 6.30. The lowest BCUT2D eigenvalue weighted by Crippen LogP contribution is -2.27. The van der Waals surface area contributed by atoms with Crippen LogP contribution in [-0.4, -0.2) is 21.2 Å². The number of thioether (sulfide) groups is 1. The van der Waals surface area contributed by atoms with Crippen LogP contribution >= 0.6 is 11.8 Å². The van der Waals surface area contributed by atoms with Gasteiger partial charge in [0, 0.05) is 5.56 Å². The highest BCUT2D eigenvalue weighted by Gasteiger charge is 2.35. The van der Waals surface area contributed by atoms with Crippen molar-refractivity contribution in [2.75, 3.05) is 0 Å². The van der Waals surface area contributed by atoms with Crippen LogP contribution in [-0.2, 0) is 11.3 Å². The Labute approximate surface area is 138 Å². The third-order valence-electron chi connectivity index (χ3n) is 3.52. The summed E-state index contributed by atoms with van der Waals surface area (Å²) in [6, 6.07) is 14.4. The van der Waals surface area contributed by atoms with Gasteiger partial charge in [-0.25, -0.2) is 0 Å². The number of aromatic hydroxyl groups is 1. The zero-order valence-electron chi connectivity index (χ0n) is 12.5. The minimum Gasteiger partial charge on any atom is -0.507 e. The van der Waals surface area contributed by atoms with Crippen LogP contribution in [0.25, 0.3) is 6.08 Å². The molecule has 0 bridgehead atoms. The summed E-state index contributed by atoms with van der Waals surface area (Å²) in [5.74, 6) is -0.247. The minimum absolute atomic E-state index is 0.0815. The molecular formula is C18H15NO3S. The van der Waals surface area contributed by atoms with Crippen LogP contribution in [0.1, 0.15) is 16.7 Å². The largest absolute Gasteiger partial charge is 0.507 e. The molecule has 2 amide bonds. The zero-order valence-corrected chi connectivity index (χ0v) is 13.3. The fourth-order valence-corrected chi connectivity index (χ4v) is 3.21. The van der Waals surface area contributed by atoms with Crippen molar-refractivity contribution in [3.8, 4) is 5.75 Å². The molecule has 0 radical (unpaired) electrons. The van der Waals surface area contributed by atoms with Crippen molar-refractivity contribution in [2.45, 2.75) is 13.5 Å². The Morgan fingerprint density at radius 1 is 1.13 bits per heavy atom. The van der Waals surface area contributed by atoms with E-state index in [1.807, 2.05) is 31.2 Å². The Bertz CT molecular complexity index is 813. The number of phenols is 1.